The van der Waals surface area contributed by atoms with E-state index in [-0.39, 0.29) is 18.2 Å². The van der Waals surface area contributed by atoms with Crippen molar-refractivity contribution in [2.24, 2.45) is 0 Å². The molecule has 1 aliphatic heterocycles. The van der Waals surface area contributed by atoms with Crippen molar-refractivity contribution in [3.8, 4) is 0 Å². The smallest absolute Gasteiger partial charge is 0.345 e. The zero-order valence-corrected chi connectivity index (χ0v) is 20.6. The van der Waals surface area contributed by atoms with Gasteiger partial charge in [0.1, 0.15) is 17.8 Å². The molecule has 6 nitrogen and oxygen atoms in total. The fraction of sp³-hybridized carbons (Fsp3) is 0.913. The van der Waals surface area contributed by atoms with Crippen molar-refractivity contribution in [1.29, 1.82) is 0 Å². The van der Waals surface area contributed by atoms with Crippen LogP contribution in [0, 0.1) is 0 Å². The zero-order chi connectivity index (χ0) is 22.6. The van der Waals surface area contributed by atoms with Crippen LogP contribution in [0.15, 0.2) is 0 Å². The van der Waals surface area contributed by atoms with Gasteiger partial charge in [0.25, 0.3) is 0 Å². The number of unbranched alkanes of at least 4 members (excludes halogenated alkanes) is 3. The quantitative estimate of drug-likeness (QED) is 0.173. The average Bonchev–Trinajstić information content (AvgIpc) is 2.64. The van der Waals surface area contributed by atoms with Gasteiger partial charge in [-0.15, -0.1) is 0 Å². The van der Waals surface area contributed by atoms with Crippen LogP contribution in [0.5, 0.6) is 0 Å². The van der Waals surface area contributed by atoms with Crippen molar-refractivity contribution in [1.82, 2.24) is 0 Å². The monoisotopic (exact) mass is 446 g/mol. The number of esters is 2. The highest BCUT2D eigenvalue weighted by Crippen LogP contribution is 2.39. The topological polar surface area (TPSA) is 71.1 Å². The second-order valence-corrected chi connectivity index (χ2v) is 10.0. The molecule has 1 aliphatic rings. The molecule has 1 saturated heterocycles. The zero-order valence-electron chi connectivity index (χ0n) is 19.8. The lowest BCUT2D eigenvalue weighted by molar-refractivity contribution is -0.499. The molecule has 30 heavy (non-hydrogen) atoms. The van der Waals surface area contributed by atoms with Gasteiger partial charge in [-0.05, 0) is 45.8 Å². The normalized spacial score (nSPS) is 22.3. The predicted molar refractivity (Wildman–Crippen MR) is 120 cm³/mol. The molecule has 176 valence electrons. The highest BCUT2D eigenvalue weighted by atomic mass is 32.2. The maximum atomic E-state index is 12.8. The summed E-state index contributed by atoms with van der Waals surface area (Å²) in [5, 5.41) is 0. The lowest BCUT2D eigenvalue weighted by atomic mass is 9.88. The Balaban J connectivity index is 2.36. The van der Waals surface area contributed by atoms with Crippen LogP contribution < -0.4 is 0 Å². The van der Waals surface area contributed by atoms with E-state index in [1.807, 2.05) is 34.6 Å². The van der Waals surface area contributed by atoms with Crippen molar-refractivity contribution in [2.75, 3.05) is 11.5 Å². The van der Waals surface area contributed by atoms with E-state index in [1.54, 1.807) is 11.8 Å². The molecule has 3 unspecified atom stereocenters. The maximum Gasteiger partial charge on any atom is 0.345 e. The number of carbonyl (C=O) groups excluding carboxylic acids is 2. The summed E-state index contributed by atoms with van der Waals surface area (Å²) in [6.07, 6.45) is 7.34. The fourth-order valence-corrected chi connectivity index (χ4v) is 4.58. The molecule has 0 aromatic rings. The molecule has 0 aromatic heterocycles. The van der Waals surface area contributed by atoms with Crippen molar-refractivity contribution in [3.63, 3.8) is 0 Å². The molecular weight excluding hydrogens is 404 g/mol. The van der Waals surface area contributed by atoms with Crippen molar-refractivity contribution < 1.29 is 28.8 Å². The molecule has 3 atom stereocenters. The first-order valence-corrected chi connectivity index (χ1v) is 12.7. The van der Waals surface area contributed by atoms with E-state index < -0.39 is 17.2 Å². The SMILES string of the molecule is CCCCCCSCCC(=O)OC(C)CC(C)(C)OC(=O)C1(CC)OOC1CCC. The Morgan fingerprint density at radius 2 is 1.83 bits per heavy atom. The second kappa shape index (κ2) is 13.6. The van der Waals surface area contributed by atoms with Crippen LogP contribution in [0.4, 0.5) is 0 Å². The number of thioether (sulfide) groups is 1. The molecule has 0 N–H and O–H groups in total. The Bertz CT molecular complexity index is 520. The summed E-state index contributed by atoms with van der Waals surface area (Å²) < 4.78 is 11.3. The first kappa shape index (κ1) is 27.2. The number of hydrogen-bond donors (Lipinski definition) is 0. The molecule has 7 heteroatoms. The average molecular weight is 447 g/mol. The number of ether oxygens (including phenoxy) is 2. The molecule has 0 radical (unpaired) electrons. The highest BCUT2D eigenvalue weighted by molar-refractivity contribution is 7.99. The van der Waals surface area contributed by atoms with Crippen LogP contribution in [-0.2, 0) is 28.8 Å². The first-order valence-electron chi connectivity index (χ1n) is 11.6. The van der Waals surface area contributed by atoms with E-state index in [1.165, 1.54) is 25.7 Å². The summed E-state index contributed by atoms with van der Waals surface area (Å²) in [6, 6.07) is 0. The van der Waals surface area contributed by atoms with Gasteiger partial charge in [0.2, 0.25) is 5.60 Å². The van der Waals surface area contributed by atoms with E-state index >= 15 is 0 Å². The van der Waals surface area contributed by atoms with E-state index in [4.69, 9.17) is 19.2 Å². The van der Waals surface area contributed by atoms with Crippen LogP contribution in [-0.4, -0.2) is 46.9 Å². The van der Waals surface area contributed by atoms with Crippen molar-refractivity contribution >= 4 is 23.7 Å². The van der Waals surface area contributed by atoms with Gasteiger partial charge in [0.15, 0.2) is 0 Å². The summed E-state index contributed by atoms with van der Waals surface area (Å²) in [5.74, 6) is 1.27. The predicted octanol–water partition coefficient (Wildman–Crippen LogP) is 5.61. The summed E-state index contributed by atoms with van der Waals surface area (Å²) in [5.41, 5.74) is -1.80. The fourth-order valence-electron chi connectivity index (χ4n) is 3.66. The Kier molecular flexibility index (Phi) is 12.3. The van der Waals surface area contributed by atoms with Crippen LogP contribution in [0.1, 0.15) is 99.3 Å². The van der Waals surface area contributed by atoms with Gasteiger partial charge in [-0.25, -0.2) is 14.6 Å². The lowest BCUT2D eigenvalue weighted by Gasteiger charge is -2.45. The molecule has 0 aliphatic carbocycles. The number of carbonyl (C=O) groups is 2. The molecule has 0 bridgehead atoms. The standard InChI is InChI=1S/C23H42O6S/c1-7-10-11-12-15-30-16-14-20(24)26-18(4)17-22(5,6)27-21(25)23(9-3)19(13-8-2)28-29-23/h18-19H,7-17H2,1-6H3. The maximum absolute atomic E-state index is 12.8. The minimum Gasteiger partial charge on any atom is -0.462 e. The van der Waals surface area contributed by atoms with E-state index in [9.17, 15) is 9.59 Å². The third kappa shape index (κ3) is 8.75. The van der Waals surface area contributed by atoms with Crippen LogP contribution >= 0.6 is 11.8 Å². The molecule has 0 spiro atoms. The van der Waals surface area contributed by atoms with Crippen molar-refractivity contribution in [3.05, 3.63) is 0 Å². The van der Waals surface area contributed by atoms with Gasteiger partial charge in [0, 0.05) is 12.2 Å². The van der Waals surface area contributed by atoms with E-state index in [0.717, 1.165) is 24.3 Å². The van der Waals surface area contributed by atoms with Gasteiger partial charge in [-0.3, -0.25) is 4.79 Å². The minimum absolute atomic E-state index is 0.200. The molecule has 1 heterocycles. The Morgan fingerprint density at radius 3 is 2.40 bits per heavy atom. The summed E-state index contributed by atoms with van der Waals surface area (Å²) in [6.45, 7) is 11.6. The molecular formula is C23H42O6S. The Labute approximate surface area is 187 Å². The Hall–Kier alpha value is -0.790. The molecule has 0 saturated carbocycles. The first-order chi connectivity index (χ1) is 14.2. The molecule has 0 aromatic carbocycles. The van der Waals surface area contributed by atoms with Crippen LogP contribution in [0.3, 0.4) is 0 Å². The minimum atomic E-state index is -1.03. The van der Waals surface area contributed by atoms with Gasteiger partial charge >= 0.3 is 11.9 Å². The van der Waals surface area contributed by atoms with Gasteiger partial charge < -0.3 is 9.47 Å². The van der Waals surface area contributed by atoms with Gasteiger partial charge in [-0.1, -0.05) is 46.5 Å². The van der Waals surface area contributed by atoms with Crippen LogP contribution in [0.25, 0.3) is 0 Å². The summed E-state index contributed by atoms with van der Waals surface area (Å²) >= 11 is 1.80. The molecule has 1 rings (SSSR count). The van der Waals surface area contributed by atoms with Gasteiger partial charge in [0.05, 0.1) is 6.42 Å². The van der Waals surface area contributed by atoms with E-state index in [0.29, 0.717) is 19.3 Å². The summed E-state index contributed by atoms with van der Waals surface area (Å²) in [7, 11) is 0. The Morgan fingerprint density at radius 1 is 1.10 bits per heavy atom. The summed E-state index contributed by atoms with van der Waals surface area (Å²) in [4.78, 5) is 35.3. The largest absolute Gasteiger partial charge is 0.462 e. The third-order valence-electron chi connectivity index (χ3n) is 5.33. The third-order valence-corrected chi connectivity index (χ3v) is 6.40. The second-order valence-electron chi connectivity index (χ2n) is 8.78. The molecule has 0 amide bonds. The number of hydrogen-bond acceptors (Lipinski definition) is 7. The molecule has 1 fully saturated rings. The van der Waals surface area contributed by atoms with E-state index in [2.05, 4.69) is 6.92 Å². The van der Waals surface area contributed by atoms with Gasteiger partial charge in [-0.2, -0.15) is 11.8 Å². The lowest BCUT2D eigenvalue weighted by Crippen LogP contribution is -2.62. The van der Waals surface area contributed by atoms with Crippen molar-refractivity contribution in [2.45, 2.75) is 123 Å². The van der Waals surface area contributed by atoms with Crippen LogP contribution in [0.2, 0.25) is 0 Å². The highest BCUT2D eigenvalue weighted by Gasteiger charge is 2.58. The number of rotatable bonds is 16.